The van der Waals surface area contributed by atoms with Gasteiger partial charge in [0.05, 0.1) is 5.69 Å². The van der Waals surface area contributed by atoms with E-state index in [9.17, 15) is 4.21 Å². The molecule has 0 aliphatic rings. The van der Waals surface area contributed by atoms with Gasteiger partial charge in [0.2, 0.25) is 11.3 Å². The maximum absolute atomic E-state index is 10.2. The molecule has 0 amide bonds. The van der Waals surface area contributed by atoms with E-state index in [1.165, 1.54) is 0 Å². The lowest BCUT2D eigenvalue weighted by Crippen LogP contribution is -2.23. The average molecular weight is 187 g/mol. The summed E-state index contributed by atoms with van der Waals surface area (Å²) >= 11 is -2.07. The van der Waals surface area contributed by atoms with Gasteiger partial charge in [0, 0.05) is 5.69 Å². The smallest absolute Gasteiger partial charge is 0.250 e. The minimum atomic E-state index is -2.07. The third-order valence-electron chi connectivity index (χ3n) is 1.17. The summed E-state index contributed by atoms with van der Waals surface area (Å²) in [4.78, 5) is 2.11. The molecule has 12 heavy (non-hydrogen) atoms. The lowest BCUT2D eigenvalue weighted by atomic mass is 10.3. The second kappa shape index (κ2) is 4.05. The van der Waals surface area contributed by atoms with Gasteiger partial charge in [-0.05, 0) is 18.2 Å². The second-order valence-electron chi connectivity index (χ2n) is 2.10. The molecule has 6 heteroatoms. The van der Waals surface area contributed by atoms with E-state index in [4.69, 9.17) is 10.3 Å². The van der Waals surface area contributed by atoms with Crippen molar-refractivity contribution in [3.8, 4) is 0 Å². The van der Waals surface area contributed by atoms with Crippen molar-refractivity contribution in [3.05, 3.63) is 24.3 Å². The van der Waals surface area contributed by atoms with E-state index >= 15 is 0 Å². The van der Waals surface area contributed by atoms with Crippen molar-refractivity contribution in [1.82, 2.24) is 4.83 Å². The Balaban J connectivity index is 2.57. The van der Waals surface area contributed by atoms with Crippen molar-refractivity contribution in [3.63, 3.8) is 0 Å². The van der Waals surface area contributed by atoms with E-state index in [1.54, 1.807) is 24.3 Å². The number of rotatable bonds is 3. The van der Waals surface area contributed by atoms with Gasteiger partial charge in [-0.3, -0.25) is 4.55 Å². The molecule has 1 rings (SSSR count). The van der Waals surface area contributed by atoms with Crippen molar-refractivity contribution in [1.29, 1.82) is 0 Å². The van der Waals surface area contributed by atoms with Gasteiger partial charge in [-0.2, -0.15) is 0 Å². The van der Waals surface area contributed by atoms with Crippen LogP contribution in [-0.4, -0.2) is 8.76 Å². The van der Waals surface area contributed by atoms with E-state index in [0.29, 0.717) is 11.4 Å². The fourth-order valence-electron chi connectivity index (χ4n) is 0.719. The topological polar surface area (TPSA) is 87.4 Å². The number of benzene rings is 1. The summed E-state index contributed by atoms with van der Waals surface area (Å²) in [5, 5.41) is 0. The number of hydrogen-bond acceptors (Lipinski definition) is 3. The molecule has 5 N–H and O–H groups in total. The zero-order valence-corrected chi connectivity index (χ0v) is 6.97. The highest BCUT2D eigenvalue weighted by molar-refractivity contribution is 7.77. The standard InChI is InChI=1S/C6H9N3O2S/c7-5-2-1-3-6(4-5)8-9-12(10)11/h1-4,8-9H,7H2,(H,10,11). The number of nitrogens with one attached hydrogen (secondary N) is 2. The van der Waals surface area contributed by atoms with Crippen molar-refractivity contribution in [2.45, 2.75) is 0 Å². The molecule has 0 spiro atoms. The molecule has 0 radical (unpaired) electrons. The van der Waals surface area contributed by atoms with Crippen LogP contribution < -0.4 is 16.0 Å². The summed E-state index contributed by atoms with van der Waals surface area (Å²) in [6.07, 6.45) is 0. The molecule has 0 saturated heterocycles. The number of nitrogen functional groups attached to an aromatic ring is 1. The highest BCUT2D eigenvalue weighted by Crippen LogP contribution is 2.10. The molecule has 1 aromatic rings. The minimum Gasteiger partial charge on any atom is -0.399 e. The van der Waals surface area contributed by atoms with Crippen molar-refractivity contribution in [2.75, 3.05) is 11.2 Å². The first kappa shape index (κ1) is 8.98. The van der Waals surface area contributed by atoms with Crippen LogP contribution in [0.1, 0.15) is 0 Å². The number of hydrazine groups is 1. The van der Waals surface area contributed by atoms with Crippen LogP contribution in [0, 0.1) is 0 Å². The predicted octanol–water partition coefficient (Wildman–Crippen LogP) is 0.322. The normalized spacial score (nSPS) is 12.4. The Labute approximate surface area is 72.4 Å². The first-order valence-corrected chi connectivity index (χ1v) is 4.27. The Morgan fingerprint density at radius 2 is 2.25 bits per heavy atom. The molecule has 1 unspecified atom stereocenters. The largest absolute Gasteiger partial charge is 0.399 e. The number of nitrogens with two attached hydrogens (primary N) is 1. The van der Waals surface area contributed by atoms with Crippen molar-refractivity contribution in [2.24, 2.45) is 0 Å². The fraction of sp³-hybridized carbons (Fsp3) is 0. The van der Waals surface area contributed by atoms with Crippen LogP contribution >= 0.6 is 0 Å². The fourth-order valence-corrected chi connectivity index (χ4v) is 0.924. The maximum atomic E-state index is 10.2. The van der Waals surface area contributed by atoms with Crippen LogP contribution in [-0.2, 0) is 11.3 Å². The number of hydrogen-bond donors (Lipinski definition) is 4. The molecule has 0 aliphatic heterocycles. The van der Waals surface area contributed by atoms with Gasteiger partial charge in [-0.1, -0.05) is 6.07 Å². The van der Waals surface area contributed by atoms with Gasteiger partial charge < -0.3 is 11.2 Å². The van der Waals surface area contributed by atoms with Gasteiger partial charge in [-0.25, -0.2) is 4.21 Å². The zero-order valence-electron chi connectivity index (χ0n) is 6.15. The molecular weight excluding hydrogens is 178 g/mol. The molecule has 0 aliphatic carbocycles. The van der Waals surface area contributed by atoms with Gasteiger partial charge >= 0.3 is 0 Å². The lowest BCUT2D eigenvalue weighted by Gasteiger charge is -2.04. The summed E-state index contributed by atoms with van der Waals surface area (Å²) in [7, 11) is 0. The Morgan fingerprint density at radius 3 is 2.83 bits per heavy atom. The van der Waals surface area contributed by atoms with E-state index in [2.05, 4.69) is 10.3 Å². The molecule has 0 aromatic heterocycles. The van der Waals surface area contributed by atoms with Crippen LogP contribution in [0.25, 0.3) is 0 Å². The Bertz CT molecular complexity index is 292. The van der Waals surface area contributed by atoms with Gasteiger partial charge in [0.1, 0.15) is 0 Å². The third-order valence-corrected chi connectivity index (χ3v) is 1.45. The summed E-state index contributed by atoms with van der Waals surface area (Å²) in [6.45, 7) is 0. The zero-order chi connectivity index (χ0) is 8.97. The van der Waals surface area contributed by atoms with Crippen LogP contribution in [0.5, 0.6) is 0 Å². The molecule has 0 bridgehead atoms. The molecule has 66 valence electrons. The predicted molar refractivity (Wildman–Crippen MR) is 48.4 cm³/mol. The summed E-state index contributed by atoms with van der Waals surface area (Å²) in [5.74, 6) is 0. The van der Waals surface area contributed by atoms with Crippen LogP contribution in [0.3, 0.4) is 0 Å². The van der Waals surface area contributed by atoms with E-state index in [0.717, 1.165) is 0 Å². The second-order valence-corrected chi connectivity index (χ2v) is 2.80. The van der Waals surface area contributed by atoms with E-state index in [-0.39, 0.29) is 0 Å². The van der Waals surface area contributed by atoms with E-state index < -0.39 is 11.3 Å². The quantitative estimate of drug-likeness (QED) is 0.312. The molecular formula is C6H9N3O2S. The molecule has 1 atom stereocenters. The molecule has 5 nitrogen and oxygen atoms in total. The number of anilines is 2. The van der Waals surface area contributed by atoms with E-state index in [1.807, 2.05) is 0 Å². The van der Waals surface area contributed by atoms with Gasteiger partial charge in [0.25, 0.3) is 0 Å². The highest BCUT2D eigenvalue weighted by Gasteiger charge is 1.92. The maximum Gasteiger partial charge on any atom is 0.250 e. The minimum absolute atomic E-state index is 0.588. The Kier molecular flexibility index (Phi) is 3.03. The summed E-state index contributed by atoms with van der Waals surface area (Å²) < 4.78 is 18.5. The van der Waals surface area contributed by atoms with Gasteiger partial charge in [0.15, 0.2) is 0 Å². The lowest BCUT2D eigenvalue weighted by molar-refractivity contribution is 0.555. The molecule has 0 heterocycles. The summed E-state index contributed by atoms with van der Waals surface area (Å²) in [6, 6.07) is 6.82. The van der Waals surface area contributed by atoms with Crippen molar-refractivity contribution < 1.29 is 8.76 Å². The first-order chi connectivity index (χ1) is 5.68. The van der Waals surface area contributed by atoms with Crippen LogP contribution in [0.2, 0.25) is 0 Å². The monoisotopic (exact) mass is 187 g/mol. The van der Waals surface area contributed by atoms with Crippen LogP contribution in [0.4, 0.5) is 11.4 Å². The summed E-state index contributed by atoms with van der Waals surface area (Å²) in [5.41, 5.74) is 9.19. The first-order valence-electron chi connectivity index (χ1n) is 3.16. The Hall–Kier alpha value is -1.11. The molecule has 0 fully saturated rings. The third kappa shape index (κ3) is 2.87. The van der Waals surface area contributed by atoms with Crippen molar-refractivity contribution >= 4 is 22.6 Å². The molecule has 0 saturated carbocycles. The Morgan fingerprint density at radius 1 is 1.50 bits per heavy atom. The molecule has 1 aromatic carbocycles. The van der Waals surface area contributed by atoms with Crippen LogP contribution in [0.15, 0.2) is 24.3 Å². The highest BCUT2D eigenvalue weighted by atomic mass is 32.2. The van der Waals surface area contributed by atoms with Gasteiger partial charge in [-0.15, -0.1) is 4.83 Å². The SMILES string of the molecule is Nc1cccc(NNS(=O)O)c1. The average Bonchev–Trinajstić information content (AvgIpc) is 2.01.